The van der Waals surface area contributed by atoms with E-state index >= 15 is 0 Å². The second-order valence-corrected chi connectivity index (χ2v) is 5.63. The molecule has 0 spiro atoms. The number of likely N-dealkylation sites (tertiary alicyclic amines) is 1. The molecule has 1 aliphatic rings. The first kappa shape index (κ1) is 14.7. The molecule has 0 bridgehead atoms. The van der Waals surface area contributed by atoms with Gasteiger partial charge >= 0.3 is 0 Å². The number of amides is 1. The Morgan fingerprint density at radius 1 is 1.45 bits per heavy atom. The third-order valence-electron chi connectivity index (χ3n) is 3.97. The smallest absolute Gasteiger partial charge is 0.259 e. The number of carbonyl (C=O) groups excluding carboxylic acids is 1. The van der Waals surface area contributed by atoms with Crippen molar-refractivity contribution in [1.29, 1.82) is 0 Å². The van der Waals surface area contributed by atoms with Gasteiger partial charge in [-0.15, -0.1) is 0 Å². The van der Waals surface area contributed by atoms with Gasteiger partial charge in [-0.25, -0.2) is 0 Å². The number of ether oxygens (including phenoxy) is 1. The number of piperidine rings is 1. The molecule has 2 N–H and O–H groups in total. The first-order valence-corrected chi connectivity index (χ1v) is 7.36. The number of anilines is 1. The Morgan fingerprint density at radius 2 is 2.20 bits per heavy atom. The normalized spacial score (nSPS) is 22.6. The Bertz CT molecular complexity index is 487. The Labute approximate surface area is 120 Å². The van der Waals surface area contributed by atoms with E-state index in [1.54, 1.807) is 6.07 Å². The minimum Gasteiger partial charge on any atom is -0.493 e. The largest absolute Gasteiger partial charge is 0.493 e. The zero-order valence-electron chi connectivity index (χ0n) is 12.6. The highest BCUT2D eigenvalue weighted by Crippen LogP contribution is 2.30. The van der Waals surface area contributed by atoms with Crippen molar-refractivity contribution in [3.63, 3.8) is 0 Å². The fourth-order valence-corrected chi connectivity index (χ4v) is 2.91. The molecule has 1 aromatic carbocycles. The van der Waals surface area contributed by atoms with Gasteiger partial charge in [0, 0.05) is 18.3 Å². The van der Waals surface area contributed by atoms with Crippen molar-refractivity contribution < 1.29 is 9.53 Å². The van der Waals surface area contributed by atoms with E-state index in [2.05, 4.69) is 13.8 Å². The van der Waals surface area contributed by atoms with Crippen LogP contribution in [0.3, 0.4) is 0 Å². The maximum Gasteiger partial charge on any atom is 0.259 e. The van der Waals surface area contributed by atoms with Gasteiger partial charge in [-0.3, -0.25) is 4.79 Å². The zero-order chi connectivity index (χ0) is 14.7. The number of nitrogens with two attached hydrogens (primary N) is 1. The third kappa shape index (κ3) is 2.89. The van der Waals surface area contributed by atoms with E-state index in [9.17, 15) is 4.79 Å². The molecule has 1 fully saturated rings. The topological polar surface area (TPSA) is 55.6 Å². The van der Waals surface area contributed by atoms with Crippen molar-refractivity contribution in [3.8, 4) is 5.75 Å². The summed E-state index contributed by atoms with van der Waals surface area (Å²) >= 11 is 0. The number of hydrogen-bond acceptors (Lipinski definition) is 3. The van der Waals surface area contributed by atoms with Crippen molar-refractivity contribution >= 4 is 11.6 Å². The number of rotatable bonds is 3. The van der Waals surface area contributed by atoms with Gasteiger partial charge in [0.05, 0.1) is 6.61 Å². The van der Waals surface area contributed by atoms with Crippen LogP contribution in [0.25, 0.3) is 0 Å². The SMILES string of the molecule is CCOc1cccc(N)c1C(=O)N1CCC(C)CC1C. The van der Waals surface area contributed by atoms with Crippen LogP contribution in [0.4, 0.5) is 5.69 Å². The Morgan fingerprint density at radius 3 is 2.85 bits per heavy atom. The highest BCUT2D eigenvalue weighted by Gasteiger charge is 2.30. The number of carbonyl (C=O) groups is 1. The van der Waals surface area contributed by atoms with Gasteiger partial charge in [-0.05, 0) is 44.7 Å². The molecule has 0 aliphatic carbocycles. The van der Waals surface area contributed by atoms with Gasteiger partial charge < -0.3 is 15.4 Å². The summed E-state index contributed by atoms with van der Waals surface area (Å²) in [6.45, 7) is 7.56. The number of hydrogen-bond donors (Lipinski definition) is 1. The van der Waals surface area contributed by atoms with Gasteiger partial charge in [0.15, 0.2) is 0 Å². The van der Waals surface area contributed by atoms with Crippen LogP contribution in [0.1, 0.15) is 44.0 Å². The maximum absolute atomic E-state index is 12.8. The van der Waals surface area contributed by atoms with Crippen LogP contribution in [0.2, 0.25) is 0 Å². The van der Waals surface area contributed by atoms with Gasteiger partial charge in [0.1, 0.15) is 11.3 Å². The summed E-state index contributed by atoms with van der Waals surface area (Å²) in [5.41, 5.74) is 7.01. The Kier molecular flexibility index (Phi) is 4.53. The molecule has 2 rings (SSSR count). The van der Waals surface area contributed by atoms with Gasteiger partial charge in [-0.2, -0.15) is 0 Å². The molecule has 0 radical (unpaired) electrons. The number of nitrogen functional groups attached to an aromatic ring is 1. The van der Waals surface area contributed by atoms with E-state index in [0.717, 1.165) is 19.4 Å². The van der Waals surface area contributed by atoms with E-state index in [1.807, 2.05) is 24.0 Å². The first-order valence-electron chi connectivity index (χ1n) is 7.36. The van der Waals surface area contributed by atoms with Crippen molar-refractivity contribution in [2.45, 2.75) is 39.7 Å². The molecule has 110 valence electrons. The molecule has 20 heavy (non-hydrogen) atoms. The maximum atomic E-state index is 12.8. The van der Waals surface area contributed by atoms with Crippen LogP contribution >= 0.6 is 0 Å². The van der Waals surface area contributed by atoms with Crippen LogP contribution in [0.15, 0.2) is 18.2 Å². The molecule has 4 heteroatoms. The van der Waals surface area contributed by atoms with Crippen LogP contribution in [-0.4, -0.2) is 30.0 Å². The van der Waals surface area contributed by atoms with E-state index in [4.69, 9.17) is 10.5 Å². The summed E-state index contributed by atoms with van der Waals surface area (Å²) in [5.74, 6) is 1.25. The first-order chi connectivity index (χ1) is 9.54. The Balaban J connectivity index is 2.29. The lowest BCUT2D eigenvalue weighted by atomic mass is 9.92. The average Bonchev–Trinajstić information content (AvgIpc) is 2.38. The molecule has 1 aliphatic heterocycles. The summed E-state index contributed by atoms with van der Waals surface area (Å²) in [5, 5.41) is 0. The minimum atomic E-state index is -0.00838. The van der Waals surface area contributed by atoms with E-state index in [0.29, 0.717) is 29.5 Å². The fourth-order valence-electron chi connectivity index (χ4n) is 2.91. The molecule has 0 aromatic heterocycles. The van der Waals surface area contributed by atoms with E-state index in [-0.39, 0.29) is 11.9 Å². The second kappa shape index (κ2) is 6.16. The number of benzene rings is 1. The van der Waals surface area contributed by atoms with Crippen molar-refractivity contribution in [2.24, 2.45) is 5.92 Å². The zero-order valence-corrected chi connectivity index (χ0v) is 12.6. The average molecular weight is 276 g/mol. The van der Waals surface area contributed by atoms with Crippen LogP contribution in [0, 0.1) is 5.92 Å². The van der Waals surface area contributed by atoms with E-state index in [1.165, 1.54) is 0 Å². The summed E-state index contributed by atoms with van der Waals surface area (Å²) in [6.07, 6.45) is 2.09. The molecule has 0 saturated carbocycles. The molecular formula is C16H24N2O2. The lowest BCUT2D eigenvalue weighted by Gasteiger charge is -2.37. The summed E-state index contributed by atoms with van der Waals surface area (Å²) < 4.78 is 5.56. The minimum absolute atomic E-state index is 0.00838. The molecular weight excluding hydrogens is 252 g/mol. The highest BCUT2D eigenvalue weighted by molar-refractivity contribution is 6.02. The van der Waals surface area contributed by atoms with Gasteiger partial charge in [0.2, 0.25) is 0 Å². The van der Waals surface area contributed by atoms with Crippen LogP contribution in [0.5, 0.6) is 5.75 Å². The summed E-state index contributed by atoms with van der Waals surface area (Å²) in [6, 6.07) is 5.64. The molecule has 1 aromatic rings. The highest BCUT2D eigenvalue weighted by atomic mass is 16.5. The van der Waals surface area contributed by atoms with Crippen molar-refractivity contribution in [2.75, 3.05) is 18.9 Å². The van der Waals surface area contributed by atoms with Crippen molar-refractivity contribution in [3.05, 3.63) is 23.8 Å². The predicted molar refractivity (Wildman–Crippen MR) is 80.9 cm³/mol. The van der Waals surface area contributed by atoms with Gasteiger partial charge in [-0.1, -0.05) is 13.0 Å². The summed E-state index contributed by atoms with van der Waals surface area (Å²) in [7, 11) is 0. The molecule has 2 atom stereocenters. The van der Waals surface area contributed by atoms with Gasteiger partial charge in [0.25, 0.3) is 5.91 Å². The van der Waals surface area contributed by atoms with Crippen LogP contribution < -0.4 is 10.5 Å². The summed E-state index contributed by atoms with van der Waals surface area (Å²) in [4.78, 5) is 14.7. The second-order valence-electron chi connectivity index (χ2n) is 5.63. The molecule has 1 heterocycles. The van der Waals surface area contributed by atoms with Crippen molar-refractivity contribution in [1.82, 2.24) is 4.90 Å². The number of nitrogens with zero attached hydrogens (tertiary/aromatic N) is 1. The Hall–Kier alpha value is -1.71. The standard InChI is InChI=1S/C16H24N2O2/c1-4-20-14-7-5-6-13(17)15(14)16(19)18-9-8-11(2)10-12(18)3/h5-7,11-12H,4,8-10,17H2,1-3H3. The molecule has 1 saturated heterocycles. The van der Waals surface area contributed by atoms with Crippen LogP contribution in [-0.2, 0) is 0 Å². The lowest BCUT2D eigenvalue weighted by Crippen LogP contribution is -2.44. The van der Waals surface area contributed by atoms with E-state index < -0.39 is 0 Å². The predicted octanol–water partition coefficient (Wildman–Crippen LogP) is 2.93. The lowest BCUT2D eigenvalue weighted by molar-refractivity contribution is 0.0586. The molecule has 1 amide bonds. The monoisotopic (exact) mass is 276 g/mol. The third-order valence-corrected chi connectivity index (χ3v) is 3.97. The molecule has 2 unspecified atom stereocenters. The molecule has 4 nitrogen and oxygen atoms in total. The quantitative estimate of drug-likeness (QED) is 0.864. The fraction of sp³-hybridized carbons (Fsp3) is 0.562.